The van der Waals surface area contributed by atoms with Crippen LogP contribution in [0.5, 0.6) is 0 Å². The molecule has 188 valence electrons. The van der Waals surface area contributed by atoms with Crippen molar-refractivity contribution in [3.8, 4) is 11.1 Å². The summed E-state index contributed by atoms with van der Waals surface area (Å²) < 4.78 is 5.96. The van der Waals surface area contributed by atoms with E-state index in [1.165, 1.54) is 16.0 Å². The van der Waals surface area contributed by atoms with E-state index in [1.54, 1.807) is 11.8 Å². The van der Waals surface area contributed by atoms with Crippen molar-refractivity contribution in [2.45, 2.75) is 49.3 Å². The maximum absolute atomic E-state index is 13.7. The van der Waals surface area contributed by atoms with Gasteiger partial charge in [-0.1, -0.05) is 97.1 Å². The van der Waals surface area contributed by atoms with Crippen LogP contribution < -0.4 is 5.32 Å². The number of thioether (sulfide) groups is 1. The van der Waals surface area contributed by atoms with Gasteiger partial charge in [0.25, 0.3) is 0 Å². The number of hydrogen-bond acceptors (Lipinski definition) is 4. The van der Waals surface area contributed by atoms with Gasteiger partial charge < -0.3 is 4.74 Å². The van der Waals surface area contributed by atoms with Gasteiger partial charge in [0.1, 0.15) is 11.6 Å². The van der Waals surface area contributed by atoms with Gasteiger partial charge in [-0.15, -0.1) is 11.8 Å². The number of carbonyl (C=O) groups excluding carboxylic acids is 1. The van der Waals surface area contributed by atoms with E-state index < -0.39 is 17.2 Å². The first-order chi connectivity index (χ1) is 17.9. The third-order valence-electron chi connectivity index (χ3n) is 6.66. The minimum absolute atomic E-state index is 0.224. The molecule has 1 aliphatic rings. The van der Waals surface area contributed by atoms with Crippen molar-refractivity contribution in [2.24, 2.45) is 0 Å². The maximum Gasteiger partial charge on any atom is 0.323 e. The monoisotopic (exact) mass is 507 g/mol. The standard InChI is InChI=1S/C33H33NO2S/c1-32(2,3)36-31(35)30(22-23-37-25-16-8-5-9-17-25)34-33(24-14-6-4-7-15-24)28-20-12-10-18-26(28)27-19-11-13-21-29(27)33/h4-21,30,34H,22-23H2,1-3H3/t30-/m0/s1. The lowest BCUT2D eigenvalue weighted by Crippen LogP contribution is -2.53. The lowest BCUT2D eigenvalue weighted by Gasteiger charge is -2.38. The Hall–Kier alpha value is -3.34. The summed E-state index contributed by atoms with van der Waals surface area (Å²) in [6.07, 6.45) is 0.632. The number of esters is 1. The summed E-state index contributed by atoms with van der Waals surface area (Å²) in [5.41, 5.74) is 4.56. The van der Waals surface area contributed by atoms with Crippen LogP contribution in [0.2, 0.25) is 0 Å². The summed E-state index contributed by atoms with van der Waals surface area (Å²) in [4.78, 5) is 14.9. The Morgan fingerprint density at radius 2 is 1.30 bits per heavy atom. The molecule has 0 spiro atoms. The van der Waals surface area contributed by atoms with Crippen molar-refractivity contribution in [2.75, 3.05) is 5.75 Å². The van der Waals surface area contributed by atoms with Crippen LogP contribution in [-0.2, 0) is 15.1 Å². The van der Waals surface area contributed by atoms with E-state index in [0.717, 1.165) is 22.4 Å². The predicted molar refractivity (Wildman–Crippen MR) is 153 cm³/mol. The van der Waals surface area contributed by atoms with E-state index in [9.17, 15) is 4.79 Å². The second-order valence-corrected chi connectivity index (χ2v) is 11.6. The van der Waals surface area contributed by atoms with Crippen LogP contribution in [0.4, 0.5) is 0 Å². The van der Waals surface area contributed by atoms with E-state index in [1.807, 2.05) is 45.0 Å². The summed E-state index contributed by atoms with van der Waals surface area (Å²) in [6, 6.07) is 37.3. The Labute approximate surface area is 224 Å². The zero-order valence-corrected chi connectivity index (χ0v) is 22.4. The van der Waals surface area contributed by atoms with Crippen LogP contribution >= 0.6 is 11.8 Å². The summed E-state index contributed by atoms with van der Waals surface area (Å²) in [5.74, 6) is 0.563. The molecule has 0 amide bonds. The van der Waals surface area contributed by atoms with E-state index >= 15 is 0 Å². The van der Waals surface area contributed by atoms with E-state index in [4.69, 9.17) is 4.74 Å². The van der Waals surface area contributed by atoms with Gasteiger partial charge in [0.05, 0.1) is 5.54 Å². The number of ether oxygens (including phenoxy) is 1. The fourth-order valence-corrected chi connectivity index (χ4v) is 6.11. The fourth-order valence-electron chi connectivity index (χ4n) is 5.17. The van der Waals surface area contributed by atoms with E-state index in [2.05, 4.69) is 90.2 Å². The fraction of sp³-hybridized carbons (Fsp3) is 0.242. The number of hydrogen-bond donors (Lipinski definition) is 1. The Kier molecular flexibility index (Phi) is 7.23. The molecule has 0 bridgehead atoms. The second-order valence-electron chi connectivity index (χ2n) is 10.4. The predicted octanol–water partition coefficient (Wildman–Crippen LogP) is 7.44. The normalized spacial score (nSPS) is 14.5. The molecule has 0 radical (unpaired) electrons. The van der Waals surface area contributed by atoms with Crippen LogP contribution in [-0.4, -0.2) is 23.4 Å². The lowest BCUT2D eigenvalue weighted by molar-refractivity contribution is -0.158. The lowest BCUT2D eigenvalue weighted by atomic mass is 9.80. The Morgan fingerprint density at radius 1 is 0.784 bits per heavy atom. The zero-order chi connectivity index (χ0) is 25.9. The van der Waals surface area contributed by atoms with Crippen molar-refractivity contribution in [1.82, 2.24) is 5.32 Å². The molecular weight excluding hydrogens is 474 g/mol. The quantitative estimate of drug-likeness (QED) is 0.199. The molecule has 0 saturated heterocycles. The highest BCUT2D eigenvalue weighted by atomic mass is 32.2. The molecule has 0 aromatic heterocycles. The van der Waals surface area contributed by atoms with Gasteiger partial charge in [-0.25, -0.2) is 0 Å². The highest BCUT2D eigenvalue weighted by molar-refractivity contribution is 7.99. The number of nitrogens with one attached hydrogen (secondary N) is 1. The largest absolute Gasteiger partial charge is 0.459 e. The van der Waals surface area contributed by atoms with Gasteiger partial charge in [-0.05, 0) is 67.1 Å². The van der Waals surface area contributed by atoms with Gasteiger partial charge in [0.2, 0.25) is 0 Å². The van der Waals surface area contributed by atoms with Gasteiger partial charge in [0, 0.05) is 10.6 Å². The molecule has 4 heteroatoms. The van der Waals surface area contributed by atoms with Crippen molar-refractivity contribution in [1.29, 1.82) is 0 Å². The van der Waals surface area contributed by atoms with Gasteiger partial charge in [-0.3, -0.25) is 10.1 Å². The smallest absolute Gasteiger partial charge is 0.323 e. The van der Waals surface area contributed by atoms with Crippen LogP contribution in [0.1, 0.15) is 43.9 Å². The second kappa shape index (κ2) is 10.6. The van der Waals surface area contributed by atoms with Gasteiger partial charge >= 0.3 is 5.97 Å². The number of fused-ring (bicyclic) bond motifs is 3. The Balaban J connectivity index is 1.58. The summed E-state index contributed by atoms with van der Waals surface area (Å²) >= 11 is 1.76. The third kappa shape index (κ3) is 5.22. The summed E-state index contributed by atoms with van der Waals surface area (Å²) in [7, 11) is 0. The average Bonchev–Trinajstić information content (AvgIpc) is 3.19. The first-order valence-electron chi connectivity index (χ1n) is 12.8. The molecule has 1 atom stereocenters. The average molecular weight is 508 g/mol. The molecule has 0 aliphatic heterocycles. The van der Waals surface area contributed by atoms with Crippen molar-refractivity contribution < 1.29 is 9.53 Å². The Morgan fingerprint density at radius 3 is 1.86 bits per heavy atom. The highest BCUT2D eigenvalue weighted by Crippen LogP contribution is 2.51. The van der Waals surface area contributed by atoms with Crippen LogP contribution in [0.15, 0.2) is 114 Å². The first kappa shape index (κ1) is 25.3. The topological polar surface area (TPSA) is 38.3 Å². The minimum Gasteiger partial charge on any atom is -0.459 e. The highest BCUT2D eigenvalue weighted by Gasteiger charge is 2.47. The molecule has 3 nitrogen and oxygen atoms in total. The van der Waals surface area contributed by atoms with Crippen molar-refractivity contribution in [3.05, 3.63) is 126 Å². The number of benzene rings is 4. The summed E-state index contributed by atoms with van der Waals surface area (Å²) in [6.45, 7) is 5.77. The molecule has 1 aliphatic carbocycles. The van der Waals surface area contributed by atoms with Crippen LogP contribution in [0.3, 0.4) is 0 Å². The zero-order valence-electron chi connectivity index (χ0n) is 21.6. The molecule has 1 N–H and O–H groups in total. The summed E-state index contributed by atoms with van der Waals surface area (Å²) in [5, 5.41) is 3.88. The van der Waals surface area contributed by atoms with E-state index in [-0.39, 0.29) is 5.97 Å². The van der Waals surface area contributed by atoms with Crippen molar-refractivity contribution >= 4 is 17.7 Å². The molecule has 0 fully saturated rings. The molecule has 0 saturated carbocycles. The van der Waals surface area contributed by atoms with Crippen LogP contribution in [0, 0.1) is 0 Å². The number of rotatable bonds is 8. The molecule has 4 aromatic carbocycles. The van der Waals surface area contributed by atoms with E-state index in [0.29, 0.717) is 6.42 Å². The maximum atomic E-state index is 13.7. The third-order valence-corrected chi connectivity index (χ3v) is 7.70. The molecule has 4 aromatic rings. The molecule has 0 unspecified atom stereocenters. The minimum atomic E-state index is -0.673. The van der Waals surface area contributed by atoms with Crippen molar-refractivity contribution in [3.63, 3.8) is 0 Å². The molecular formula is C33H33NO2S. The number of carbonyl (C=O) groups is 1. The molecule has 37 heavy (non-hydrogen) atoms. The first-order valence-corrected chi connectivity index (χ1v) is 13.8. The Bertz CT molecular complexity index is 1320. The SMILES string of the molecule is CC(C)(C)OC(=O)[C@H](CCSc1ccccc1)NC1(c2ccccc2)c2ccccc2-c2ccccc21. The van der Waals surface area contributed by atoms with Gasteiger partial charge in [-0.2, -0.15) is 0 Å². The molecule has 5 rings (SSSR count). The van der Waals surface area contributed by atoms with Crippen LogP contribution in [0.25, 0.3) is 11.1 Å². The molecule has 0 heterocycles. The van der Waals surface area contributed by atoms with Gasteiger partial charge in [0.15, 0.2) is 0 Å².